The highest BCUT2D eigenvalue weighted by atomic mass is 32.1. The van der Waals surface area contributed by atoms with Crippen molar-refractivity contribution in [3.63, 3.8) is 0 Å². The summed E-state index contributed by atoms with van der Waals surface area (Å²) in [5.74, 6) is 5.62. The van der Waals surface area contributed by atoms with Crippen LogP contribution in [0.25, 0.3) is 0 Å². The van der Waals surface area contributed by atoms with Crippen molar-refractivity contribution < 1.29 is 15.0 Å². The molecule has 114 valence electrons. The van der Waals surface area contributed by atoms with Crippen molar-refractivity contribution in [1.29, 1.82) is 0 Å². The summed E-state index contributed by atoms with van der Waals surface area (Å²) >= 11 is 1.42. The minimum absolute atomic E-state index is 0.0469. The van der Waals surface area contributed by atoms with Gasteiger partial charge in [-0.2, -0.15) is 0 Å². The highest BCUT2D eigenvalue weighted by Gasteiger charge is 2.23. The fraction of sp³-hybridized carbons (Fsp3) is 0.562. The van der Waals surface area contributed by atoms with Crippen LogP contribution in [-0.4, -0.2) is 34.9 Å². The molecule has 2 unspecified atom stereocenters. The molecule has 0 saturated heterocycles. The lowest BCUT2D eigenvalue weighted by Crippen LogP contribution is -2.42. The molecule has 1 saturated carbocycles. The Labute approximate surface area is 129 Å². The van der Waals surface area contributed by atoms with Crippen LogP contribution >= 0.6 is 11.3 Å². The van der Waals surface area contributed by atoms with Crippen LogP contribution in [0.5, 0.6) is 0 Å². The van der Waals surface area contributed by atoms with Crippen LogP contribution in [0.1, 0.15) is 53.8 Å². The van der Waals surface area contributed by atoms with E-state index in [9.17, 15) is 9.90 Å². The van der Waals surface area contributed by atoms with Crippen molar-refractivity contribution in [2.24, 2.45) is 0 Å². The van der Waals surface area contributed by atoms with Crippen LogP contribution in [0, 0.1) is 11.8 Å². The van der Waals surface area contributed by atoms with Gasteiger partial charge in [-0.15, -0.1) is 11.3 Å². The summed E-state index contributed by atoms with van der Waals surface area (Å²) in [6.07, 6.45) is 4.77. The van der Waals surface area contributed by atoms with Crippen LogP contribution in [0.3, 0.4) is 0 Å². The Morgan fingerprint density at radius 3 is 3.00 bits per heavy atom. The maximum absolute atomic E-state index is 12.2. The number of rotatable bonds is 3. The summed E-state index contributed by atoms with van der Waals surface area (Å²) in [7, 11) is 0. The normalized spacial score (nSPS) is 22.0. The fourth-order valence-electron chi connectivity index (χ4n) is 2.43. The largest absolute Gasteiger partial charge is 0.395 e. The smallest absolute Gasteiger partial charge is 0.252 e. The number of aliphatic hydroxyl groups is 2. The van der Waals surface area contributed by atoms with E-state index in [4.69, 9.17) is 5.11 Å². The SMILES string of the molecule is O=C(NC1CCCCCC1O)c1csc(C#CCCO)c1. The van der Waals surface area contributed by atoms with Gasteiger partial charge < -0.3 is 15.5 Å². The second-order valence-corrected chi connectivity index (χ2v) is 6.17. The van der Waals surface area contributed by atoms with Gasteiger partial charge in [-0.1, -0.05) is 31.1 Å². The third-order valence-corrected chi connectivity index (χ3v) is 4.45. The molecule has 1 amide bonds. The summed E-state index contributed by atoms with van der Waals surface area (Å²) in [6.45, 7) is 0.0469. The highest BCUT2D eigenvalue weighted by molar-refractivity contribution is 7.10. The van der Waals surface area contributed by atoms with E-state index in [2.05, 4.69) is 17.2 Å². The molecule has 1 aromatic heterocycles. The fourth-order valence-corrected chi connectivity index (χ4v) is 3.19. The quantitative estimate of drug-likeness (QED) is 0.590. The van der Waals surface area contributed by atoms with E-state index in [1.807, 2.05) is 0 Å². The molecule has 2 rings (SSSR count). The first-order valence-electron chi connectivity index (χ1n) is 7.38. The van der Waals surface area contributed by atoms with Crippen LogP contribution in [-0.2, 0) is 0 Å². The molecule has 1 heterocycles. The molecule has 0 bridgehead atoms. The number of aliphatic hydroxyl groups excluding tert-OH is 2. The Hall–Kier alpha value is -1.35. The number of amides is 1. The van der Waals surface area contributed by atoms with Crippen LogP contribution < -0.4 is 5.32 Å². The second-order valence-electron chi connectivity index (χ2n) is 5.26. The van der Waals surface area contributed by atoms with Gasteiger partial charge in [0.15, 0.2) is 0 Å². The van der Waals surface area contributed by atoms with Gasteiger partial charge in [0.05, 0.1) is 29.2 Å². The van der Waals surface area contributed by atoms with Crippen molar-refractivity contribution in [3.05, 3.63) is 21.9 Å². The molecule has 0 radical (unpaired) electrons. The monoisotopic (exact) mass is 307 g/mol. The number of thiophene rings is 1. The Morgan fingerprint density at radius 1 is 1.38 bits per heavy atom. The molecule has 0 aromatic carbocycles. The minimum Gasteiger partial charge on any atom is -0.395 e. The zero-order valence-corrected chi connectivity index (χ0v) is 12.8. The number of carbonyl (C=O) groups is 1. The van der Waals surface area contributed by atoms with Crippen molar-refractivity contribution >= 4 is 17.2 Å². The van der Waals surface area contributed by atoms with Gasteiger partial charge in [-0.05, 0) is 18.9 Å². The number of hydrogen-bond donors (Lipinski definition) is 3. The third kappa shape index (κ3) is 4.85. The van der Waals surface area contributed by atoms with Crippen molar-refractivity contribution in [1.82, 2.24) is 5.32 Å². The van der Waals surface area contributed by atoms with Crippen LogP contribution in [0.4, 0.5) is 0 Å². The topological polar surface area (TPSA) is 69.6 Å². The summed E-state index contributed by atoms with van der Waals surface area (Å²) in [6, 6.07) is 1.61. The molecule has 4 nitrogen and oxygen atoms in total. The van der Waals surface area contributed by atoms with E-state index >= 15 is 0 Å². The first kappa shape index (κ1) is 16.0. The number of carbonyl (C=O) groups excluding carboxylic acids is 1. The predicted molar refractivity (Wildman–Crippen MR) is 83.2 cm³/mol. The van der Waals surface area contributed by atoms with E-state index in [0.717, 1.165) is 37.0 Å². The summed E-state index contributed by atoms with van der Waals surface area (Å²) in [5, 5.41) is 23.4. The van der Waals surface area contributed by atoms with E-state index in [-0.39, 0.29) is 18.6 Å². The summed E-state index contributed by atoms with van der Waals surface area (Å²) in [4.78, 5) is 13.0. The van der Waals surface area contributed by atoms with Gasteiger partial charge in [0.25, 0.3) is 5.91 Å². The average Bonchev–Trinajstić information content (AvgIpc) is 2.85. The third-order valence-electron chi connectivity index (χ3n) is 3.61. The lowest BCUT2D eigenvalue weighted by molar-refractivity contribution is 0.0819. The lowest BCUT2D eigenvalue weighted by Gasteiger charge is -2.21. The summed E-state index contributed by atoms with van der Waals surface area (Å²) in [5.41, 5.74) is 0.588. The van der Waals surface area contributed by atoms with Gasteiger partial charge in [-0.25, -0.2) is 0 Å². The van der Waals surface area contributed by atoms with Crippen LogP contribution in [0.15, 0.2) is 11.4 Å². The van der Waals surface area contributed by atoms with Crippen LogP contribution in [0.2, 0.25) is 0 Å². The van der Waals surface area contributed by atoms with Crippen molar-refractivity contribution in [2.75, 3.05) is 6.61 Å². The average molecular weight is 307 g/mol. The Morgan fingerprint density at radius 2 is 2.19 bits per heavy atom. The maximum atomic E-state index is 12.2. The van der Waals surface area contributed by atoms with Gasteiger partial charge in [0.1, 0.15) is 0 Å². The first-order chi connectivity index (χ1) is 10.2. The minimum atomic E-state index is -0.445. The van der Waals surface area contributed by atoms with E-state index < -0.39 is 6.10 Å². The lowest BCUT2D eigenvalue weighted by atomic mass is 10.1. The molecule has 1 aliphatic carbocycles. The standard InChI is InChI=1S/C16H21NO3S/c18-9-5-4-6-13-10-12(11-21-13)16(20)17-14-7-2-1-3-8-15(14)19/h10-11,14-15,18-19H,1-3,5,7-9H2,(H,17,20). The Balaban J connectivity index is 1.95. The van der Waals surface area contributed by atoms with Crippen molar-refractivity contribution in [3.8, 4) is 11.8 Å². The predicted octanol–water partition coefficient (Wildman–Crippen LogP) is 1.91. The van der Waals surface area contributed by atoms with Gasteiger partial charge >= 0.3 is 0 Å². The molecule has 0 spiro atoms. The maximum Gasteiger partial charge on any atom is 0.252 e. The zero-order valence-electron chi connectivity index (χ0n) is 12.0. The second kappa shape index (κ2) is 8.18. The van der Waals surface area contributed by atoms with Gasteiger partial charge in [-0.3, -0.25) is 4.79 Å². The first-order valence-corrected chi connectivity index (χ1v) is 8.26. The van der Waals surface area contributed by atoms with E-state index in [1.54, 1.807) is 11.4 Å². The van der Waals surface area contributed by atoms with E-state index in [0.29, 0.717) is 12.0 Å². The zero-order chi connectivity index (χ0) is 15.1. The highest BCUT2D eigenvalue weighted by Crippen LogP contribution is 2.19. The van der Waals surface area contributed by atoms with Crippen molar-refractivity contribution in [2.45, 2.75) is 50.7 Å². The molecule has 3 N–H and O–H groups in total. The number of nitrogens with one attached hydrogen (secondary N) is 1. The van der Waals surface area contributed by atoms with Gasteiger partial charge in [0.2, 0.25) is 0 Å². The molecular formula is C16H21NO3S. The molecule has 2 atom stereocenters. The Kier molecular flexibility index (Phi) is 6.24. The molecule has 1 fully saturated rings. The molecule has 1 aliphatic rings. The van der Waals surface area contributed by atoms with E-state index in [1.165, 1.54) is 11.3 Å². The molecule has 5 heteroatoms. The van der Waals surface area contributed by atoms with Gasteiger partial charge in [0, 0.05) is 11.8 Å². The summed E-state index contributed by atoms with van der Waals surface area (Å²) < 4.78 is 0. The molecular weight excluding hydrogens is 286 g/mol. The Bertz CT molecular complexity index is 529. The molecule has 1 aromatic rings. The molecule has 0 aliphatic heterocycles. The number of hydrogen-bond acceptors (Lipinski definition) is 4. The molecule has 21 heavy (non-hydrogen) atoms.